The fourth-order valence-corrected chi connectivity index (χ4v) is 1.94. The summed E-state index contributed by atoms with van der Waals surface area (Å²) in [7, 11) is 1.84. The largest absolute Gasteiger partial charge is 0.398 e. The van der Waals surface area contributed by atoms with Crippen LogP contribution in [0.5, 0.6) is 0 Å². The van der Waals surface area contributed by atoms with Crippen LogP contribution in [0.4, 0.5) is 11.5 Å². The van der Waals surface area contributed by atoms with Crippen LogP contribution in [-0.2, 0) is 0 Å². The number of fused-ring (bicyclic) bond motifs is 1. The van der Waals surface area contributed by atoms with Gasteiger partial charge in [-0.25, -0.2) is 4.98 Å². The summed E-state index contributed by atoms with van der Waals surface area (Å²) >= 11 is 3.48. The molecule has 1 heterocycles. The van der Waals surface area contributed by atoms with Crippen molar-refractivity contribution in [2.45, 2.75) is 0 Å². The summed E-state index contributed by atoms with van der Waals surface area (Å²) in [6.07, 6.45) is 1.76. The van der Waals surface area contributed by atoms with Gasteiger partial charge < -0.3 is 11.1 Å². The van der Waals surface area contributed by atoms with Crippen molar-refractivity contribution in [1.82, 2.24) is 4.98 Å². The molecule has 0 radical (unpaired) electrons. The van der Waals surface area contributed by atoms with E-state index in [1.807, 2.05) is 25.2 Å². The number of nitrogens with zero attached hydrogens (tertiary/aromatic N) is 1. The van der Waals surface area contributed by atoms with Crippen LogP contribution in [-0.4, -0.2) is 12.0 Å². The van der Waals surface area contributed by atoms with Crippen LogP contribution >= 0.6 is 15.9 Å². The van der Waals surface area contributed by atoms with E-state index in [1.165, 1.54) is 0 Å². The average Bonchev–Trinajstić information content (AvgIpc) is 2.23. The third kappa shape index (κ3) is 1.32. The van der Waals surface area contributed by atoms with E-state index in [4.69, 9.17) is 5.73 Å². The summed E-state index contributed by atoms with van der Waals surface area (Å²) in [5.74, 6) is 0.807. The van der Waals surface area contributed by atoms with Gasteiger partial charge in [-0.1, -0.05) is 15.9 Å². The van der Waals surface area contributed by atoms with Gasteiger partial charge in [0.05, 0.1) is 0 Å². The van der Waals surface area contributed by atoms with Gasteiger partial charge in [0.25, 0.3) is 0 Å². The van der Waals surface area contributed by atoms with Crippen molar-refractivity contribution in [2.75, 3.05) is 18.1 Å². The molecule has 0 atom stereocenters. The molecule has 14 heavy (non-hydrogen) atoms. The second-order valence-electron chi connectivity index (χ2n) is 2.97. The van der Waals surface area contributed by atoms with E-state index in [2.05, 4.69) is 26.2 Å². The first-order chi connectivity index (χ1) is 6.74. The molecule has 4 heteroatoms. The molecule has 1 aromatic heterocycles. The molecule has 0 fully saturated rings. The van der Waals surface area contributed by atoms with Crippen molar-refractivity contribution in [3.63, 3.8) is 0 Å². The van der Waals surface area contributed by atoms with Crippen LogP contribution < -0.4 is 11.1 Å². The Morgan fingerprint density at radius 3 is 2.86 bits per heavy atom. The highest BCUT2D eigenvalue weighted by molar-refractivity contribution is 9.10. The SMILES string of the molecule is CNc1nccc2c(Br)ccc(N)c12. The smallest absolute Gasteiger partial charge is 0.135 e. The summed E-state index contributed by atoms with van der Waals surface area (Å²) in [6.45, 7) is 0. The molecule has 0 amide bonds. The van der Waals surface area contributed by atoms with Gasteiger partial charge in [0, 0.05) is 34.2 Å². The van der Waals surface area contributed by atoms with Crippen molar-refractivity contribution in [2.24, 2.45) is 0 Å². The van der Waals surface area contributed by atoms with Crippen LogP contribution in [0, 0.1) is 0 Å². The van der Waals surface area contributed by atoms with E-state index in [0.29, 0.717) is 0 Å². The molecule has 0 aliphatic heterocycles. The minimum absolute atomic E-state index is 0.737. The van der Waals surface area contributed by atoms with Crippen LogP contribution in [0.15, 0.2) is 28.9 Å². The number of pyridine rings is 1. The fraction of sp³-hybridized carbons (Fsp3) is 0.100. The maximum Gasteiger partial charge on any atom is 0.135 e. The molecule has 0 unspecified atom stereocenters. The normalized spacial score (nSPS) is 10.4. The van der Waals surface area contributed by atoms with Gasteiger partial charge in [-0.2, -0.15) is 0 Å². The first-order valence-electron chi connectivity index (χ1n) is 4.24. The molecule has 0 saturated carbocycles. The lowest BCUT2D eigenvalue weighted by molar-refractivity contribution is 1.31. The quantitative estimate of drug-likeness (QED) is 0.767. The number of benzene rings is 1. The van der Waals surface area contributed by atoms with Crippen molar-refractivity contribution in [3.05, 3.63) is 28.9 Å². The maximum absolute atomic E-state index is 5.90. The van der Waals surface area contributed by atoms with E-state index >= 15 is 0 Å². The molecule has 0 saturated heterocycles. The zero-order chi connectivity index (χ0) is 10.1. The minimum Gasteiger partial charge on any atom is -0.398 e. The zero-order valence-corrected chi connectivity index (χ0v) is 9.30. The van der Waals surface area contributed by atoms with E-state index in [0.717, 1.165) is 26.8 Å². The predicted octanol–water partition coefficient (Wildman–Crippen LogP) is 2.62. The number of nitrogens with two attached hydrogens (primary N) is 1. The van der Waals surface area contributed by atoms with Gasteiger partial charge >= 0.3 is 0 Å². The summed E-state index contributed by atoms with van der Waals surface area (Å²) in [5, 5.41) is 5.06. The summed E-state index contributed by atoms with van der Waals surface area (Å²) < 4.78 is 1.03. The molecule has 3 N–H and O–H groups in total. The van der Waals surface area contributed by atoms with E-state index in [-0.39, 0.29) is 0 Å². The van der Waals surface area contributed by atoms with Gasteiger partial charge in [0.1, 0.15) is 5.82 Å². The Kier molecular flexibility index (Phi) is 2.29. The number of nitrogens with one attached hydrogen (secondary N) is 1. The summed E-state index contributed by atoms with van der Waals surface area (Å²) in [5.41, 5.74) is 6.64. The van der Waals surface area contributed by atoms with Gasteiger partial charge in [0.15, 0.2) is 0 Å². The number of hydrogen-bond acceptors (Lipinski definition) is 3. The highest BCUT2D eigenvalue weighted by Gasteiger charge is 2.06. The lowest BCUT2D eigenvalue weighted by Crippen LogP contribution is -1.96. The topological polar surface area (TPSA) is 50.9 Å². The van der Waals surface area contributed by atoms with Crippen LogP contribution in [0.2, 0.25) is 0 Å². The Morgan fingerprint density at radius 2 is 2.14 bits per heavy atom. The third-order valence-electron chi connectivity index (χ3n) is 2.14. The fourth-order valence-electron chi connectivity index (χ4n) is 1.48. The second-order valence-corrected chi connectivity index (χ2v) is 3.82. The Hall–Kier alpha value is -1.29. The summed E-state index contributed by atoms with van der Waals surface area (Å²) in [4.78, 5) is 4.22. The average molecular weight is 252 g/mol. The lowest BCUT2D eigenvalue weighted by Gasteiger charge is -2.08. The molecule has 0 aliphatic carbocycles. The minimum atomic E-state index is 0.737. The number of hydrogen-bond donors (Lipinski definition) is 2. The van der Waals surface area contributed by atoms with Crippen molar-refractivity contribution < 1.29 is 0 Å². The van der Waals surface area contributed by atoms with Gasteiger partial charge in [0.2, 0.25) is 0 Å². The molecule has 2 aromatic rings. The number of aromatic nitrogens is 1. The second kappa shape index (κ2) is 3.46. The molecule has 0 spiro atoms. The van der Waals surface area contributed by atoms with Crippen molar-refractivity contribution in [3.8, 4) is 0 Å². The van der Waals surface area contributed by atoms with E-state index in [1.54, 1.807) is 6.20 Å². The molecule has 2 rings (SSSR count). The maximum atomic E-state index is 5.90. The molecule has 3 nitrogen and oxygen atoms in total. The predicted molar refractivity (Wildman–Crippen MR) is 63.4 cm³/mol. The van der Waals surface area contributed by atoms with Gasteiger partial charge in [-0.3, -0.25) is 0 Å². The molecular weight excluding hydrogens is 242 g/mol. The Balaban J connectivity index is 2.92. The van der Waals surface area contributed by atoms with Crippen LogP contribution in [0.1, 0.15) is 0 Å². The first-order valence-corrected chi connectivity index (χ1v) is 5.04. The molecule has 72 valence electrons. The van der Waals surface area contributed by atoms with Crippen molar-refractivity contribution in [1.29, 1.82) is 0 Å². The Labute approximate surface area is 90.5 Å². The zero-order valence-electron chi connectivity index (χ0n) is 7.71. The number of rotatable bonds is 1. The van der Waals surface area contributed by atoms with E-state index in [9.17, 15) is 0 Å². The lowest BCUT2D eigenvalue weighted by atomic mass is 10.1. The van der Waals surface area contributed by atoms with Gasteiger partial charge in [-0.05, 0) is 18.2 Å². The molecular formula is C10H10BrN3. The number of halogens is 1. The summed E-state index contributed by atoms with van der Waals surface area (Å²) in [6, 6.07) is 5.75. The highest BCUT2D eigenvalue weighted by atomic mass is 79.9. The van der Waals surface area contributed by atoms with Crippen LogP contribution in [0.3, 0.4) is 0 Å². The van der Waals surface area contributed by atoms with Gasteiger partial charge in [-0.15, -0.1) is 0 Å². The standard InChI is InChI=1S/C10H10BrN3/c1-13-10-9-6(4-5-14-10)7(11)2-3-8(9)12/h2-5H,12H2,1H3,(H,13,14). The molecule has 0 bridgehead atoms. The first kappa shape index (κ1) is 9.27. The number of nitrogen functional groups attached to an aromatic ring is 1. The molecule has 1 aromatic carbocycles. The molecule has 0 aliphatic rings. The van der Waals surface area contributed by atoms with Crippen LogP contribution in [0.25, 0.3) is 10.8 Å². The third-order valence-corrected chi connectivity index (χ3v) is 2.83. The number of anilines is 2. The Bertz CT molecular complexity index is 482. The highest BCUT2D eigenvalue weighted by Crippen LogP contribution is 2.32. The van der Waals surface area contributed by atoms with Crippen molar-refractivity contribution >= 4 is 38.2 Å². The Morgan fingerprint density at radius 1 is 1.36 bits per heavy atom. The monoisotopic (exact) mass is 251 g/mol. The van der Waals surface area contributed by atoms with E-state index < -0.39 is 0 Å².